The van der Waals surface area contributed by atoms with Crippen LogP contribution in [0.25, 0.3) is 0 Å². The third-order valence-electron chi connectivity index (χ3n) is 1.62. The Bertz CT molecular complexity index is 207. The molecule has 2 unspecified atom stereocenters. The fourth-order valence-corrected chi connectivity index (χ4v) is 1.41. The summed E-state index contributed by atoms with van der Waals surface area (Å²) in [5.41, 5.74) is -1.45. The summed E-state index contributed by atoms with van der Waals surface area (Å²) in [6, 6.07) is 0. The molecule has 0 aliphatic carbocycles. The molecule has 0 saturated carbocycles. The Morgan fingerprint density at radius 1 is 1.00 bits per heavy atom. The zero-order chi connectivity index (χ0) is 11.9. The maximum Gasteiger partial charge on any atom is 0.488 e. The molecule has 0 heterocycles. The lowest BCUT2D eigenvalue weighted by Gasteiger charge is -2.24. The first-order valence-corrected chi connectivity index (χ1v) is 5.91. The zero-order valence-corrected chi connectivity index (χ0v) is 9.36. The Kier molecular flexibility index (Phi) is 7.25. The lowest BCUT2D eigenvalue weighted by Crippen LogP contribution is -2.39. The molecule has 15 heavy (non-hydrogen) atoms. The van der Waals surface area contributed by atoms with E-state index >= 15 is 0 Å². The molecule has 0 spiro atoms. The van der Waals surface area contributed by atoms with Gasteiger partial charge in [-0.05, 0) is 9.13 Å². The van der Waals surface area contributed by atoms with Crippen molar-refractivity contribution in [2.24, 2.45) is 5.41 Å². The normalized spacial score (nSPS) is 13.9. The van der Waals surface area contributed by atoms with Gasteiger partial charge in [0, 0.05) is 0 Å². The molecule has 2 N–H and O–H groups in total. The van der Waals surface area contributed by atoms with Crippen LogP contribution in [0, 0.1) is 5.41 Å². The van der Waals surface area contributed by atoms with Crippen LogP contribution in [0.5, 0.6) is 0 Å². The van der Waals surface area contributed by atoms with E-state index < -0.39 is 48.4 Å². The summed E-state index contributed by atoms with van der Waals surface area (Å²) in [4.78, 5) is 20.2. The molecule has 8 nitrogen and oxygen atoms in total. The predicted octanol–water partition coefficient (Wildman–Crippen LogP) is -1.97. The van der Waals surface area contributed by atoms with E-state index in [1.54, 1.807) is 0 Å². The maximum atomic E-state index is 10.1. The maximum absolute atomic E-state index is 10.1. The van der Waals surface area contributed by atoms with Gasteiger partial charge in [-0.25, -0.2) is 0 Å². The molecular weight excluding hydrogens is 250 g/mol. The molecule has 88 valence electrons. The Hall–Kier alpha value is -0.0400. The lowest BCUT2D eigenvalue weighted by molar-refractivity contribution is -0.194. The first-order valence-electron chi connectivity index (χ1n) is 3.72. The molecule has 0 bridgehead atoms. The highest BCUT2D eigenvalue weighted by molar-refractivity contribution is 7.30. The summed E-state index contributed by atoms with van der Waals surface area (Å²) < 4.78 is 28.6. The van der Waals surface area contributed by atoms with Crippen LogP contribution in [0.15, 0.2) is 0 Å². The van der Waals surface area contributed by atoms with Gasteiger partial charge < -0.3 is 20.0 Å². The summed E-state index contributed by atoms with van der Waals surface area (Å²) in [6.07, 6.45) is 0. The average Bonchev–Trinajstić information content (AvgIpc) is 2.19. The second kappa shape index (κ2) is 7.27. The van der Waals surface area contributed by atoms with E-state index in [9.17, 15) is 18.9 Å². The standard InChI is InChI=1S/C5H10O8P2/c6-1-5(2-7,3-12-14(8)9)4-13-15(10)11/h6-7H,1-4H2. The summed E-state index contributed by atoms with van der Waals surface area (Å²) in [5, 5.41) is 17.8. The van der Waals surface area contributed by atoms with E-state index in [0.29, 0.717) is 0 Å². The molecule has 0 amide bonds. The van der Waals surface area contributed by atoms with Gasteiger partial charge >= 0.3 is 16.5 Å². The average molecular weight is 260 g/mol. The SMILES string of the molecule is O=[P+]([O-])OCC(CO)(CO)CO[P+](=O)[O-]. The molecule has 0 fully saturated rings. The molecule has 2 atom stereocenters. The van der Waals surface area contributed by atoms with Crippen LogP contribution in [-0.2, 0) is 18.2 Å². The Morgan fingerprint density at radius 3 is 1.53 bits per heavy atom. The fourth-order valence-electron chi connectivity index (χ4n) is 0.654. The Labute approximate surface area is 87.4 Å². The van der Waals surface area contributed by atoms with Gasteiger partial charge in [-0.2, -0.15) is 0 Å². The van der Waals surface area contributed by atoms with Crippen molar-refractivity contribution in [1.82, 2.24) is 0 Å². The number of aliphatic hydroxyl groups excluding tert-OH is 2. The molecule has 0 saturated heterocycles. The van der Waals surface area contributed by atoms with E-state index in [2.05, 4.69) is 9.05 Å². The van der Waals surface area contributed by atoms with Gasteiger partial charge in [0.25, 0.3) is 0 Å². The van der Waals surface area contributed by atoms with Crippen LogP contribution >= 0.6 is 16.5 Å². The van der Waals surface area contributed by atoms with E-state index in [1.807, 2.05) is 0 Å². The van der Waals surface area contributed by atoms with E-state index in [4.69, 9.17) is 10.2 Å². The largest absolute Gasteiger partial charge is 0.566 e. The number of rotatable bonds is 8. The van der Waals surface area contributed by atoms with Crippen molar-refractivity contribution in [3.63, 3.8) is 0 Å². The third kappa shape index (κ3) is 6.19. The molecule has 0 aromatic heterocycles. The van der Waals surface area contributed by atoms with Crippen LogP contribution in [-0.4, -0.2) is 36.6 Å². The van der Waals surface area contributed by atoms with Crippen molar-refractivity contribution in [3.8, 4) is 0 Å². The van der Waals surface area contributed by atoms with Gasteiger partial charge in [0.2, 0.25) is 0 Å². The summed E-state index contributed by atoms with van der Waals surface area (Å²) in [5.74, 6) is 0. The van der Waals surface area contributed by atoms with Gasteiger partial charge in [-0.15, -0.1) is 9.05 Å². The minimum Gasteiger partial charge on any atom is -0.566 e. The van der Waals surface area contributed by atoms with E-state index in [1.165, 1.54) is 0 Å². The van der Waals surface area contributed by atoms with Crippen molar-refractivity contribution >= 4 is 16.5 Å². The van der Waals surface area contributed by atoms with Crippen LogP contribution in [0.1, 0.15) is 0 Å². The molecule has 0 aromatic carbocycles. The van der Waals surface area contributed by atoms with Crippen molar-refractivity contribution in [1.29, 1.82) is 0 Å². The monoisotopic (exact) mass is 260 g/mol. The molecule has 0 aromatic rings. The van der Waals surface area contributed by atoms with Gasteiger partial charge in [-0.3, -0.25) is 0 Å². The van der Waals surface area contributed by atoms with Gasteiger partial charge in [0.05, 0.1) is 18.6 Å². The molecule has 0 aliphatic heterocycles. The topological polar surface area (TPSA) is 139 Å². The quantitative estimate of drug-likeness (QED) is 0.479. The molecule has 10 heteroatoms. The van der Waals surface area contributed by atoms with Crippen molar-refractivity contribution < 1.29 is 38.2 Å². The van der Waals surface area contributed by atoms with Gasteiger partial charge in [0.15, 0.2) is 0 Å². The van der Waals surface area contributed by atoms with Crippen LogP contribution in [0.3, 0.4) is 0 Å². The van der Waals surface area contributed by atoms with Crippen molar-refractivity contribution in [2.45, 2.75) is 0 Å². The second-order valence-electron chi connectivity index (χ2n) is 2.81. The van der Waals surface area contributed by atoms with E-state index in [0.717, 1.165) is 0 Å². The smallest absolute Gasteiger partial charge is 0.488 e. The predicted molar refractivity (Wildman–Crippen MR) is 43.7 cm³/mol. The Morgan fingerprint density at radius 2 is 1.33 bits per heavy atom. The van der Waals surface area contributed by atoms with Crippen LogP contribution in [0.4, 0.5) is 0 Å². The highest BCUT2D eigenvalue weighted by atomic mass is 31.1. The van der Waals surface area contributed by atoms with Crippen molar-refractivity contribution in [2.75, 3.05) is 26.4 Å². The molecule has 0 aliphatic rings. The van der Waals surface area contributed by atoms with E-state index in [-0.39, 0.29) is 0 Å². The second-order valence-corrected chi connectivity index (χ2v) is 4.22. The van der Waals surface area contributed by atoms with Gasteiger partial charge in [0.1, 0.15) is 13.2 Å². The highest BCUT2D eigenvalue weighted by Gasteiger charge is 2.34. The van der Waals surface area contributed by atoms with Gasteiger partial charge in [-0.1, -0.05) is 0 Å². The van der Waals surface area contributed by atoms with Crippen LogP contribution in [0.2, 0.25) is 0 Å². The minimum atomic E-state index is -3.13. The summed E-state index contributed by atoms with van der Waals surface area (Å²) >= 11 is 0. The van der Waals surface area contributed by atoms with Crippen LogP contribution < -0.4 is 9.79 Å². The Balaban J connectivity index is 4.29. The molecular formula is C5H10O8P2. The summed E-state index contributed by atoms with van der Waals surface area (Å²) in [6.45, 7) is -2.45. The fraction of sp³-hybridized carbons (Fsp3) is 1.00. The molecule has 0 radical (unpaired) electrons. The lowest BCUT2D eigenvalue weighted by atomic mass is 9.93. The molecule has 0 rings (SSSR count). The zero-order valence-electron chi connectivity index (χ0n) is 7.57. The minimum absolute atomic E-state index is 0.554. The highest BCUT2D eigenvalue weighted by Crippen LogP contribution is 2.25. The first kappa shape index (κ1) is 15.0. The number of hydrogen-bond donors (Lipinski definition) is 2. The number of hydrogen-bond acceptors (Lipinski definition) is 8. The number of aliphatic hydroxyl groups is 2. The third-order valence-corrected chi connectivity index (χ3v) is 2.30. The van der Waals surface area contributed by atoms with Crippen molar-refractivity contribution in [3.05, 3.63) is 0 Å². The first-order chi connectivity index (χ1) is 6.95. The summed E-state index contributed by atoms with van der Waals surface area (Å²) in [7, 11) is -6.26.